The quantitative estimate of drug-likeness (QED) is 0.866. The number of rotatable bonds is 4. The summed E-state index contributed by atoms with van der Waals surface area (Å²) in [4.78, 5) is 11.1. The fourth-order valence-corrected chi connectivity index (χ4v) is 1.89. The Labute approximate surface area is 105 Å². The molecule has 0 atom stereocenters. The molecule has 1 aromatic carbocycles. The maximum absolute atomic E-state index is 11.1. The summed E-state index contributed by atoms with van der Waals surface area (Å²) in [6, 6.07) is 5.53. The number of carboxylic acids is 1. The summed E-state index contributed by atoms with van der Waals surface area (Å²) in [6.07, 6.45) is 0. The highest BCUT2D eigenvalue weighted by atomic mass is 35.5. The molecule has 0 radical (unpaired) electrons. The van der Waals surface area contributed by atoms with Crippen LogP contribution in [0.25, 0.3) is 0 Å². The monoisotopic (exact) mass is 255 g/mol. The minimum Gasteiger partial charge on any atom is -0.481 e. The zero-order valence-electron chi connectivity index (χ0n) is 9.50. The molecule has 2 rings (SSSR count). The topological polar surface area (TPSA) is 58.6 Å². The van der Waals surface area contributed by atoms with Gasteiger partial charge in [-0.25, -0.2) is 0 Å². The van der Waals surface area contributed by atoms with Gasteiger partial charge in [0.2, 0.25) is 0 Å². The number of nitrogens with one attached hydrogen (secondary N) is 1. The van der Waals surface area contributed by atoms with E-state index in [4.69, 9.17) is 21.4 Å². The third kappa shape index (κ3) is 2.23. The first-order valence-electron chi connectivity index (χ1n) is 5.35. The standard InChI is InChI=1S/C12H14ClNO3/c1-8-9(13)3-2-4-10(8)14-5-12(11(15)16)6-17-7-12/h2-4,14H,5-7H2,1H3,(H,15,16). The molecule has 0 bridgehead atoms. The molecule has 1 aliphatic rings. The number of benzene rings is 1. The van der Waals surface area contributed by atoms with E-state index in [0.29, 0.717) is 11.6 Å². The Hall–Kier alpha value is -1.26. The fraction of sp³-hybridized carbons (Fsp3) is 0.417. The van der Waals surface area contributed by atoms with Crippen LogP contribution in [0, 0.1) is 12.3 Å². The van der Waals surface area contributed by atoms with Crippen molar-refractivity contribution < 1.29 is 14.6 Å². The average Bonchev–Trinajstić information content (AvgIpc) is 2.22. The van der Waals surface area contributed by atoms with Gasteiger partial charge in [0.1, 0.15) is 5.41 Å². The fourth-order valence-electron chi connectivity index (χ4n) is 1.71. The van der Waals surface area contributed by atoms with Crippen molar-refractivity contribution in [3.05, 3.63) is 28.8 Å². The van der Waals surface area contributed by atoms with Crippen LogP contribution in [0.1, 0.15) is 5.56 Å². The number of anilines is 1. The van der Waals surface area contributed by atoms with Crippen molar-refractivity contribution in [1.29, 1.82) is 0 Å². The molecule has 92 valence electrons. The number of hydrogen-bond acceptors (Lipinski definition) is 3. The van der Waals surface area contributed by atoms with E-state index in [1.807, 2.05) is 25.1 Å². The molecule has 1 fully saturated rings. The van der Waals surface area contributed by atoms with Gasteiger partial charge in [0.25, 0.3) is 0 Å². The highest BCUT2D eigenvalue weighted by Gasteiger charge is 2.46. The Morgan fingerprint density at radius 2 is 2.29 bits per heavy atom. The molecule has 17 heavy (non-hydrogen) atoms. The van der Waals surface area contributed by atoms with Gasteiger partial charge < -0.3 is 15.2 Å². The van der Waals surface area contributed by atoms with E-state index in [0.717, 1.165) is 11.3 Å². The number of hydrogen-bond donors (Lipinski definition) is 2. The van der Waals surface area contributed by atoms with Crippen LogP contribution in [0.15, 0.2) is 18.2 Å². The molecule has 0 unspecified atom stereocenters. The van der Waals surface area contributed by atoms with Crippen LogP contribution in [-0.4, -0.2) is 30.8 Å². The first kappa shape index (κ1) is 12.2. The third-order valence-corrected chi connectivity index (χ3v) is 3.50. The molecule has 5 heteroatoms. The molecule has 1 heterocycles. The predicted molar refractivity (Wildman–Crippen MR) is 65.6 cm³/mol. The van der Waals surface area contributed by atoms with Gasteiger partial charge >= 0.3 is 5.97 Å². The number of carboxylic acid groups (broad SMARTS) is 1. The lowest BCUT2D eigenvalue weighted by Crippen LogP contribution is -2.53. The average molecular weight is 256 g/mol. The Morgan fingerprint density at radius 3 is 2.82 bits per heavy atom. The molecule has 0 spiro atoms. The lowest BCUT2D eigenvalue weighted by atomic mass is 9.86. The molecular weight excluding hydrogens is 242 g/mol. The second-order valence-corrected chi connectivity index (χ2v) is 4.75. The van der Waals surface area contributed by atoms with Gasteiger partial charge in [-0.2, -0.15) is 0 Å². The van der Waals surface area contributed by atoms with Gasteiger partial charge in [-0.3, -0.25) is 4.79 Å². The van der Waals surface area contributed by atoms with Crippen molar-refractivity contribution in [3.8, 4) is 0 Å². The largest absolute Gasteiger partial charge is 0.481 e. The van der Waals surface area contributed by atoms with Gasteiger partial charge in [0, 0.05) is 17.3 Å². The molecule has 1 saturated heterocycles. The van der Waals surface area contributed by atoms with Crippen molar-refractivity contribution in [2.24, 2.45) is 5.41 Å². The van der Waals surface area contributed by atoms with Gasteiger partial charge in [0.15, 0.2) is 0 Å². The Kier molecular flexibility index (Phi) is 3.26. The zero-order chi connectivity index (χ0) is 12.5. The highest BCUT2D eigenvalue weighted by Crippen LogP contribution is 2.30. The summed E-state index contributed by atoms with van der Waals surface area (Å²) >= 11 is 5.99. The van der Waals surface area contributed by atoms with Gasteiger partial charge in [-0.05, 0) is 24.6 Å². The van der Waals surface area contributed by atoms with E-state index in [1.165, 1.54) is 0 Å². The van der Waals surface area contributed by atoms with E-state index in [1.54, 1.807) is 0 Å². The maximum atomic E-state index is 11.1. The van der Waals surface area contributed by atoms with E-state index in [-0.39, 0.29) is 13.2 Å². The van der Waals surface area contributed by atoms with Crippen molar-refractivity contribution in [1.82, 2.24) is 0 Å². The second-order valence-electron chi connectivity index (χ2n) is 4.34. The van der Waals surface area contributed by atoms with E-state index in [9.17, 15) is 4.79 Å². The number of halogens is 1. The van der Waals surface area contributed by atoms with E-state index < -0.39 is 11.4 Å². The zero-order valence-corrected chi connectivity index (χ0v) is 10.3. The van der Waals surface area contributed by atoms with Crippen LogP contribution in [0.5, 0.6) is 0 Å². The summed E-state index contributed by atoms with van der Waals surface area (Å²) in [6.45, 7) is 2.77. The van der Waals surface area contributed by atoms with Crippen molar-refractivity contribution in [2.75, 3.05) is 25.1 Å². The van der Waals surface area contributed by atoms with Crippen molar-refractivity contribution in [3.63, 3.8) is 0 Å². The van der Waals surface area contributed by atoms with Gasteiger partial charge in [-0.1, -0.05) is 17.7 Å². The summed E-state index contributed by atoms with van der Waals surface area (Å²) < 4.78 is 5.00. The minimum atomic E-state index is -0.823. The first-order chi connectivity index (χ1) is 8.05. The molecule has 0 aliphatic carbocycles. The summed E-state index contributed by atoms with van der Waals surface area (Å²) in [5.74, 6) is -0.823. The molecule has 0 aromatic heterocycles. The van der Waals surface area contributed by atoms with Crippen LogP contribution >= 0.6 is 11.6 Å². The number of carbonyl (C=O) groups is 1. The molecular formula is C12H14ClNO3. The number of ether oxygens (including phenoxy) is 1. The van der Waals surface area contributed by atoms with Crippen LogP contribution < -0.4 is 5.32 Å². The third-order valence-electron chi connectivity index (χ3n) is 3.10. The molecule has 0 saturated carbocycles. The van der Waals surface area contributed by atoms with Crippen LogP contribution in [0.4, 0.5) is 5.69 Å². The molecule has 2 N–H and O–H groups in total. The second kappa shape index (κ2) is 4.55. The molecule has 1 aliphatic heterocycles. The minimum absolute atomic E-state index is 0.259. The summed E-state index contributed by atoms with van der Waals surface area (Å²) in [7, 11) is 0. The van der Waals surface area contributed by atoms with Crippen molar-refractivity contribution >= 4 is 23.3 Å². The highest BCUT2D eigenvalue weighted by molar-refractivity contribution is 6.31. The SMILES string of the molecule is Cc1c(Cl)cccc1NCC1(C(=O)O)COC1. The summed E-state index contributed by atoms with van der Waals surface area (Å²) in [5.41, 5.74) is 0.995. The molecule has 4 nitrogen and oxygen atoms in total. The van der Waals surface area contributed by atoms with Gasteiger partial charge in [-0.15, -0.1) is 0 Å². The Bertz CT molecular complexity index is 443. The normalized spacial score (nSPS) is 17.3. The predicted octanol–water partition coefficient (Wildman–Crippen LogP) is 2.16. The Morgan fingerprint density at radius 1 is 1.59 bits per heavy atom. The number of aliphatic carboxylic acids is 1. The molecule has 0 amide bonds. The Balaban J connectivity index is 2.07. The van der Waals surface area contributed by atoms with Crippen LogP contribution in [0.2, 0.25) is 5.02 Å². The molecule has 1 aromatic rings. The van der Waals surface area contributed by atoms with E-state index >= 15 is 0 Å². The lowest BCUT2D eigenvalue weighted by Gasteiger charge is -2.37. The van der Waals surface area contributed by atoms with E-state index in [2.05, 4.69) is 5.32 Å². The smallest absolute Gasteiger partial charge is 0.316 e. The van der Waals surface area contributed by atoms with Crippen LogP contribution in [0.3, 0.4) is 0 Å². The van der Waals surface area contributed by atoms with Gasteiger partial charge in [0.05, 0.1) is 13.2 Å². The van der Waals surface area contributed by atoms with Crippen molar-refractivity contribution in [2.45, 2.75) is 6.92 Å². The maximum Gasteiger partial charge on any atom is 0.316 e. The summed E-state index contributed by atoms with van der Waals surface area (Å²) in [5, 5.41) is 12.9. The first-order valence-corrected chi connectivity index (χ1v) is 5.73. The lowest BCUT2D eigenvalue weighted by molar-refractivity contribution is -0.176. The van der Waals surface area contributed by atoms with Crippen LogP contribution in [-0.2, 0) is 9.53 Å².